The van der Waals surface area contributed by atoms with Gasteiger partial charge in [0.15, 0.2) is 5.13 Å². The Morgan fingerprint density at radius 2 is 2.20 bits per heavy atom. The van der Waals surface area contributed by atoms with Crippen molar-refractivity contribution in [1.29, 1.82) is 0 Å². The molecule has 1 fully saturated rings. The highest BCUT2D eigenvalue weighted by Gasteiger charge is 2.24. The van der Waals surface area contributed by atoms with Crippen LogP contribution in [-0.4, -0.2) is 36.6 Å². The topological polar surface area (TPSA) is 65.5 Å². The minimum absolute atomic E-state index is 0.0129. The molecule has 7 heteroatoms. The number of aromatic nitrogens is 1. The summed E-state index contributed by atoms with van der Waals surface area (Å²) in [6.07, 6.45) is 0.229. The summed E-state index contributed by atoms with van der Waals surface area (Å²) in [5, 5.41) is 5.26. The maximum absolute atomic E-state index is 12.8. The molecular weight excluding hydrogens is 336 g/mol. The lowest BCUT2D eigenvalue weighted by Gasteiger charge is -2.23. The number of hydrogen-bond acceptors (Lipinski definition) is 4. The average molecular weight is 358 g/mol. The highest BCUT2D eigenvalue weighted by Crippen LogP contribution is 2.25. The van der Waals surface area contributed by atoms with Gasteiger partial charge in [-0.05, 0) is 38.0 Å². The number of rotatable bonds is 5. The van der Waals surface area contributed by atoms with E-state index in [2.05, 4.69) is 10.3 Å². The molecule has 0 radical (unpaired) electrons. The van der Waals surface area contributed by atoms with Crippen molar-refractivity contribution >= 4 is 34.1 Å². The fourth-order valence-electron chi connectivity index (χ4n) is 2.90. The second-order valence-electron chi connectivity index (χ2n) is 6.11. The fraction of sp³-hybridized carbons (Fsp3) is 0.389. The number of hydrogen-bond donors (Lipinski definition) is 1. The number of anilines is 2. The van der Waals surface area contributed by atoms with E-state index in [1.54, 1.807) is 9.80 Å². The second-order valence-corrected chi connectivity index (χ2v) is 6.95. The van der Waals surface area contributed by atoms with Crippen molar-refractivity contribution in [2.24, 2.45) is 0 Å². The average Bonchev–Trinajstić information content (AvgIpc) is 3.20. The van der Waals surface area contributed by atoms with Gasteiger partial charge in [0.2, 0.25) is 5.91 Å². The fourth-order valence-corrected chi connectivity index (χ4v) is 3.75. The predicted molar refractivity (Wildman–Crippen MR) is 101 cm³/mol. The Balaban J connectivity index is 1.75. The van der Waals surface area contributed by atoms with Gasteiger partial charge >= 0.3 is 6.03 Å². The lowest BCUT2D eigenvalue weighted by molar-refractivity contribution is -0.118. The van der Waals surface area contributed by atoms with E-state index in [0.29, 0.717) is 30.5 Å². The smallest absolute Gasteiger partial charge is 0.323 e. The number of likely N-dealkylation sites (N-methyl/N-ethyl adjacent to an activating group) is 1. The number of carbonyl (C=O) groups excluding carboxylic acids is 2. The Morgan fingerprint density at radius 1 is 1.40 bits per heavy atom. The molecular formula is C18H22N4O2S. The van der Waals surface area contributed by atoms with Gasteiger partial charge in [0.25, 0.3) is 0 Å². The number of aryl methyl sites for hydroxylation is 2. The maximum Gasteiger partial charge on any atom is 0.323 e. The zero-order valence-corrected chi connectivity index (χ0v) is 15.5. The van der Waals surface area contributed by atoms with Gasteiger partial charge in [-0.25, -0.2) is 9.78 Å². The summed E-state index contributed by atoms with van der Waals surface area (Å²) in [5.41, 5.74) is 3.85. The number of carbonyl (C=O) groups is 2. The third kappa shape index (κ3) is 3.66. The van der Waals surface area contributed by atoms with E-state index in [4.69, 9.17) is 0 Å². The zero-order valence-electron chi connectivity index (χ0n) is 14.7. The Bertz CT molecular complexity index is 802. The van der Waals surface area contributed by atoms with Gasteiger partial charge < -0.3 is 10.2 Å². The van der Waals surface area contributed by atoms with Crippen LogP contribution in [0.15, 0.2) is 23.6 Å². The van der Waals surface area contributed by atoms with E-state index < -0.39 is 0 Å². The van der Waals surface area contributed by atoms with E-state index in [0.717, 1.165) is 16.8 Å². The summed E-state index contributed by atoms with van der Waals surface area (Å²) in [6, 6.07) is 5.99. The van der Waals surface area contributed by atoms with Crippen LogP contribution < -0.4 is 15.1 Å². The van der Waals surface area contributed by atoms with Crippen molar-refractivity contribution in [3.63, 3.8) is 0 Å². The van der Waals surface area contributed by atoms with Crippen molar-refractivity contribution in [2.75, 3.05) is 29.4 Å². The van der Waals surface area contributed by atoms with E-state index in [1.807, 2.05) is 44.4 Å². The molecule has 1 aromatic carbocycles. The van der Waals surface area contributed by atoms with Crippen LogP contribution in [0.3, 0.4) is 0 Å². The first-order valence-electron chi connectivity index (χ1n) is 8.37. The molecule has 1 aliphatic rings. The summed E-state index contributed by atoms with van der Waals surface area (Å²) < 4.78 is 0. The Kier molecular flexibility index (Phi) is 5.03. The van der Waals surface area contributed by atoms with Crippen LogP contribution in [0.5, 0.6) is 0 Å². The van der Waals surface area contributed by atoms with Gasteiger partial charge in [-0.1, -0.05) is 12.1 Å². The van der Waals surface area contributed by atoms with Crippen molar-refractivity contribution in [1.82, 2.24) is 10.3 Å². The molecule has 3 amide bonds. The van der Waals surface area contributed by atoms with Crippen LogP contribution in [0.1, 0.15) is 23.7 Å². The third-order valence-corrected chi connectivity index (χ3v) is 5.14. The van der Waals surface area contributed by atoms with Gasteiger partial charge in [0.05, 0.1) is 12.1 Å². The minimum Gasteiger partial charge on any atom is -0.336 e. The van der Waals surface area contributed by atoms with Gasteiger partial charge in [-0.2, -0.15) is 0 Å². The normalized spacial score (nSPS) is 13.9. The van der Waals surface area contributed by atoms with Gasteiger partial charge in [-0.15, -0.1) is 11.3 Å². The highest BCUT2D eigenvalue weighted by molar-refractivity contribution is 7.14. The van der Waals surface area contributed by atoms with Crippen molar-refractivity contribution in [3.8, 4) is 0 Å². The first-order valence-corrected chi connectivity index (χ1v) is 9.25. The van der Waals surface area contributed by atoms with Crippen LogP contribution in [0.4, 0.5) is 15.6 Å². The molecule has 1 aliphatic heterocycles. The molecule has 3 rings (SSSR count). The van der Waals surface area contributed by atoms with E-state index in [-0.39, 0.29) is 18.4 Å². The molecule has 1 N–H and O–H groups in total. The number of nitrogens with one attached hydrogen (secondary N) is 1. The summed E-state index contributed by atoms with van der Waals surface area (Å²) in [7, 11) is 0. The summed E-state index contributed by atoms with van der Waals surface area (Å²) in [5.74, 6) is 0.0129. The standard InChI is InChI=1S/C18H22N4O2S/c1-4-21(15-9-12(2)5-6-13(15)3)16(23)10-14-11-25-18(20-14)22-8-7-19-17(22)24/h5-6,9,11H,4,7-8,10H2,1-3H3,(H,19,24). The van der Waals surface area contributed by atoms with Crippen LogP contribution in [0, 0.1) is 13.8 Å². The van der Waals surface area contributed by atoms with Gasteiger partial charge in [0, 0.05) is 30.7 Å². The molecule has 2 heterocycles. The molecule has 0 aliphatic carbocycles. The second kappa shape index (κ2) is 7.23. The quantitative estimate of drug-likeness (QED) is 0.894. The monoisotopic (exact) mass is 358 g/mol. The Hall–Kier alpha value is -2.41. The lowest BCUT2D eigenvalue weighted by atomic mass is 10.1. The van der Waals surface area contributed by atoms with Crippen LogP contribution >= 0.6 is 11.3 Å². The van der Waals surface area contributed by atoms with Gasteiger partial charge in [-0.3, -0.25) is 9.69 Å². The molecule has 0 spiro atoms. The first kappa shape index (κ1) is 17.4. The molecule has 2 aromatic rings. The largest absolute Gasteiger partial charge is 0.336 e. The van der Waals surface area contributed by atoms with E-state index >= 15 is 0 Å². The van der Waals surface area contributed by atoms with Crippen molar-refractivity contribution in [2.45, 2.75) is 27.2 Å². The number of nitrogens with zero attached hydrogens (tertiary/aromatic N) is 3. The molecule has 0 unspecified atom stereocenters. The van der Waals surface area contributed by atoms with Crippen LogP contribution in [-0.2, 0) is 11.2 Å². The first-order chi connectivity index (χ1) is 12.0. The molecule has 6 nitrogen and oxygen atoms in total. The molecule has 1 aromatic heterocycles. The third-order valence-electron chi connectivity index (χ3n) is 4.23. The molecule has 0 saturated carbocycles. The predicted octanol–water partition coefficient (Wildman–Crippen LogP) is 2.89. The Morgan fingerprint density at radius 3 is 2.88 bits per heavy atom. The Labute approximate surface area is 151 Å². The number of amides is 3. The summed E-state index contributed by atoms with van der Waals surface area (Å²) >= 11 is 1.40. The molecule has 0 atom stereocenters. The molecule has 1 saturated heterocycles. The van der Waals surface area contributed by atoms with Crippen molar-refractivity contribution < 1.29 is 9.59 Å². The number of benzene rings is 1. The van der Waals surface area contributed by atoms with E-state index in [1.165, 1.54) is 11.3 Å². The minimum atomic E-state index is -0.127. The van der Waals surface area contributed by atoms with Crippen LogP contribution in [0.25, 0.3) is 0 Å². The number of urea groups is 1. The summed E-state index contributed by atoms with van der Waals surface area (Å²) in [6.45, 7) is 7.86. The highest BCUT2D eigenvalue weighted by atomic mass is 32.1. The zero-order chi connectivity index (χ0) is 18.0. The van der Waals surface area contributed by atoms with E-state index in [9.17, 15) is 9.59 Å². The van der Waals surface area contributed by atoms with Crippen LogP contribution in [0.2, 0.25) is 0 Å². The maximum atomic E-state index is 12.8. The molecule has 25 heavy (non-hydrogen) atoms. The SMILES string of the molecule is CCN(C(=O)Cc1csc(N2CCNC2=O)n1)c1cc(C)ccc1C. The summed E-state index contributed by atoms with van der Waals surface area (Å²) in [4.78, 5) is 32.4. The molecule has 132 valence electrons. The van der Waals surface area contributed by atoms with Gasteiger partial charge in [0.1, 0.15) is 0 Å². The number of thiazole rings is 1. The lowest BCUT2D eigenvalue weighted by Crippen LogP contribution is -2.32. The molecule has 0 bridgehead atoms. The van der Waals surface area contributed by atoms with Crippen molar-refractivity contribution in [3.05, 3.63) is 40.4 Å².